The van der Waals surface area contributed by atoms with Gasteiger partial charge in [0.2, 0.25) is 0 Å². The van der Waals surface area contributed by atoms with E-state index in [1.54, 1.807) is 24.3 Å². The van der Waals surface area contributed by atoms with E-state index in [2.05, 4.69) is 29.0 Å². The lowest BCUT2D eigenvalue weighted by Crippen LogP contribution is -2.54. The number of aliphatic hydroxyl groups is 2. The number of fused-ring (bicyclic) bond motifs is 4. The van der Waals surface area contributed by atoms with E-state index in [1.807, 2.05) is 0 Å². The number of hydrogen-bond donors (Lipinski definition) is 4. The molecule has 0 saturated carbocycles. The van der Waals surface area contributed by atoms with E-state index >= 15 is 0 Å². The number of epoxide rings is 1. The maximum atomic E-state index is 13.6. The molecule has 33 heavy (non-hydrogen) atoms. The molecule has 4 N–H and O–H groups in total. The van der Waals surface area contributed by atoms with Crippen molar-refractivity contribution in [3.8, 4) is 29.4 Å². The predicted octanol–water partition coefficient (Wildman–Crippen LogP) is 1.24. The van der Waals surface area contributed by atoms with Crippen molar-refractivity contribution < 1.29 is 29.6 Å². The highest BCUT2D eigenvalue weighted by Gasteiger charge is 2.82. The second kappa shape index (κ2) is 6.34. The molecule has 0 spiro atoms. The zero-order chi connectivity index (χ0) is 23.1. The number of benzene rings is 2. The van der Waals surface area contributed by atoms with Crippen LogP contribution in [0.5, 0.6) is 5.75 Å². The van der Waals surface area contributed by atoms with Gasteiger partial charge in [0.1, 0.15) is 11.8 Å². The molecule has 4 aliphatic rings. The number of hydrogen-bond acceptors (Lipinski definition) is 7. The summed E-state index contributed by atoms with van der Waals surface area (Å²) in [5.41, 5.74) is -2.18. The van der Waals surface area contributed by atoms with Crippen LogP contribution in [0.2, 0.25) is 0 Å². The lowest BCUT2D eigenvalue weighted by Gasteiger charge is -2.37. The molecule has 2 aliphatic heterocycles. The summed E-state index contributed by atoms with van der Waals surface area (Å²) < 4.78 is 6.12. The molecule has 1 fully saturated rings. The minimum absolute atomic E-state index is 0.0117. The van der Waals surface area contributed by atoms with Gasteiger partial charge in [0, 0.05) is 16.7 Å². The number of allylic oxidation sites excluding steroid dienone is 2. The molecule has 6 rings (SSSR count). The Balaban J connectivity index is 1.69. The van der Waals surface area contributed by atoms with Gasteiger partial charge >= 0.3 is 0 Å². The van der Waals surface area contributed by atoms with E-state index in [4.69, 9.17) is 4.74 Å². The van der Waals surface area contributed by atoms with Crippen LogP contribution < -0.4 is 5.32 Å². The first kappa shape index (κ1) is 19.8. The van der Waals surface area contributed by atoms with E-state index in [9.17, 15) is 24.9 Å². The number of phenols is 1. The fraction of sp³-hybridized carbons (Fsp3) is 0.231. The van der Waals surface area contributed by atoms with Crippen LogP contribution in [0.25, 0.3) is 0 Å². The highest BCUT2D eigenvalue weighted by Crippen LogP contribution is 2.67. The summed E-state index contributed by atoms with van der Waals surface area (Å²) in [6.45, 7) is 1.52. The summed E-state index contributed by atoms with van der Waals surface area (Å²) in [4.78, 5) is 26.8. The highest BCUT2D eigenvalue weighted by molar-refractivity contribution is 6.31. The van der Waals surface area contributed by atoms with Crippen molar-refractivity contribution >= 4 is 17.3 Å². The van der Waals surface area contributed by atoms with Crippen LogP contribution in [-0.4, -0.2) is 50.7 Å². The summed E-state index contributed by atoms with van der Waals surface area (Å²) in [6.07, 6.45) is 0.511. The molecule has 7 heteroatoms. The van der Waals surface area contributed by atoms with E-state index in [-0.39, 0.29) is 33.5 Å². The third-order valence-electron chi connectivity index (χ3n) is 6.87. The molecule has 2 bridgehead atoms. The quantitative estimate of drug-likeness (QED) is 0.256. The zero-order valence-electron chi connectivity index (χ0n) is 17.3. The second-order valence-electron chi connectivity index (χ2n) is 8.47. The van der Waals surface area contributed by atoms with Crippen LogP contribution in [0.1, 0.15) is 44.3 Å². The van der Waals surface area contributed by atoms with Crippen molar-refractivity contribution in [2.45, 2.75) is 36.4 Å². The molecule has 0 amide bonds. The van der Waals surface area contributed by atoms with Crippen LogP contribution in [-0.2, 0) is 10.3 Å². The van der Waals surface area contributed by atoms with Gasteiger partial charge in [-0.1, -0.05) is 47.9 Å². The lowest BCUT2D eigenvalue weighted by atomic mass is 9.69. The highest BCUT2D eigenvalue weighted by atomic mass is 16.7. The van der Waals surface area contributed by atoms with Crippen molar-refractivity contribution in [1.82, 2.24) is 0 Å². The SMILES string of the molecule is C[C@@H](O)[C@@]12O[C@]13c1cc(O)c4c(c1N[C@H]2C#C/C=C\C#CC3O)C(=O)c1ccccc1C4=O. The average Bonchev–Trinajstić information content (AvgIpc) is 3.53. The number of aliphatic hydroxyl groups excluding tert-OH is 2. The van der Waals surface area contributed by atoms with Crippen LogP contribution in [0.15, 0.2) is 42.5 Å². The van der Waals surface area contributed by atoms with Gasteiger partial charge < -0.3 is 25.4 Å². The van der Waals surface area contributed by atoms with Crippen molar-refractivity contribution in [2.24, 2.45) is 0 Å². The Morgan fingerprint density at radius 2 is 1.70 bits per heavy atom. The summed E-state index contributed by atoms with van der Waals surface area (Å²) in [5.74, 6) is 9.90. The van der Waals surface area contributed by atoms with Crippen molar-refractivity contribution in [3.63, 3.8) is 0 Å². The number of aromatic hydroxyl groups is 1. The minimum Gasteiger partial charge on any atom is -0.507 e. The number of ketones is 2. The van der Waals surface area contributed by atoms with Gasteiger partial charge in [-0.2, -0.15) is 0 Å². The third kappa shape index (κ3) is 2.21. The molecule has 2 aromatic carbocycles. The standard InChI is InChI=1S/C26H17NO6/c1-13(28)25-18-10-4-2-3-5-11-19(30)26(25,33-25)16-12-17(29)20-21(22(16)27-18)24(32)15-9-7-6-8-14(15)23(20)31/h2-3,6-9,12-13,18-19,27-30H,1H3/b3-2-/t13-,18+,19?,25+,26+/m1/s1. The Hall–Kier alpha value is -3.88. The smallest absolute Gasteiger partial charge is 0.198 e. The summed E-state index contributed by atoms with van der Waals surface area (Å²) in [5, 5.41) is 36.0. The van der Waals surface area contributed by atoms with E-state index < -0.39 is 46.8 Å². The molecular weight excluding hydrogens is 422 g/mol. The van der Waals surface area contributed by atoms with Crippen molar-refractivity contribution in [3.05, 3.63) is 70.3 Å². The van der Waals surface area contributed by atoms with Crippen molar-refractivity contribution in [1.29, 1.82) is 0 Å². The first-order valence-electron chi connectivity index (χ1n) is 10.4. The molecule has 0 radical (unpaired) electrons. The van der Waals surface area contributed by atoms with Crippen molar-refractivity contribution in [2.75, 3.05) is 5.32 Å². The van der Waals surface area contributed by atoms with Gasteiger partial charge in [0.05, 0.1) is 22.9 Å². The molecule has 2 aliphatic carbocycles. The zero-order valence-corrected chi connectivity index (χ0v) is 17.3. The van der Waals surface area contributed by atoms with Crippen LogP contribution >= 0.6 is 0 Å². The number of anilines is 1. The summed E-state index contributed by atoms with van der Waals surface area (Å²) in [6, 6.07) is 6.88. The molecule has 1 saturated heterocycles. The Kier molecular flexibility index (Phi) is 3.80. The van der Waals surface area contributed by atoms with Gasteiger partial charge in [-0.3, -0.25) is 9.59 Å². The minimum atomic E-state index is -1.56. The Labute approximate surface area is 188 Å². The first-order chi connectivity index (χ1) is 15.8. The maximum Gasteiger partial charge on any atom is 0.198 e. The van der Waals surface area contributed by atoms with E-state index in [0.717, 1.165) is 0 Å². The van der Waals surface area contributed by atoms with E-state index in [0.29, 0.717) is 0 Å². The topological polar surface area (TPSA) is 119 Å². The number of phenolic OH excluding ortho intramolecular Hbond substituents is 1. The van der Waals surface area contributed by atoms with Crippen LogP contribution in [0.4, 0.5) is 5.69 Å². The number of nitrogens with one attached hydrogen (secondary N) is 1. The molecule has 2 aromatic rings. The fourth-order valence-electron chi connectivity index (χ4n) is 5.39. The normalized spacial score (nSPS) is 31.6. The number of rotatable bonds is 1. The van der Waals surface area contributed by atoms with Crippen LogP contribution in [0, 0.1) is 23.7 Å². The molecular formula is C26H17NO6. The van der Waals surface area contributed by atoms with Crippen LogP contribution in [0.3, 0.4) is 0 Å². The second-order valence-corrected chi connectivity index (χ2v) is 8.47. The molecule has 2 heterocycles. The van der Waals surface area contributed by atoms with Gasteiger partial charge in [-0.25, -0.2) is 0 Å². The maximum absolute atomic E-state index is 13.6. The lowest BCUT2D eigenvalue weighted by molar-refractivity contribution is 0.0867. The Bertz CT molecular complexity index is 1450. The number of carbonyl (C=O) groups excluding carboxylic acids is 2. The molecule has 1 unspecified atom stereocenters. The summed E-state index contributed by atoms with van der Waals surface area (Å²) in [7, 11) is 0. The number of carbonyl (C=O) groups is 2. The summed E-state index contributed by atoms with van der Waals surface area (Å²) >= 11 is 0. The Morgan fingerprint density at radius 1 is 1.06 bits per heavy atom. The number of ether oxygens (including phenoxy) is 1. The fourth-order valence-corrected chi connectivity index (χ4v) is 5.39. The molecule has 5 atom stereocenters. The first-order valence-corrected chi connectivity index (χ1v) is 10.4. The monoisotopic (exact) mass is 439 g/mol. The molecule has 7 nitrogen and oxygen atoms in total. The third-order valence-corrected chi connectivity index (χ3v) is 6.87. The molecule has 0 aromatic heterocycles. The van der Waals surface area contributed by atoms with Gasteiger partial charge in [0.25, 0.3) is 0 Å². The average molecular weight is 439 g/mol. The predicted molar refractivity (Wildman–Crippen MR) is 117 cm³/mol. The largest absolute Gasteiger partial charge is 0.507 e. The molecule has 162 valence electrons. The van der Waals surface area contributed by atoms with Gasteiger partial charge in [-0.15, -0.1) is 0 Å². The Morgan fingerprint density at radius 3 is 2.36 bits per heavy atom. The van der Waals surface area contributed by atoms with Gasteiger partial charge in [0.15, 0.2) is 28.9 Å². The van der Waals surface area contributed by atoms with E-state index in [1.165, 1.54) is 25.1 Å². The van der Waals surface area contributed by atoms with Gasteiger partial charge in [-0.05, 0) is 25.1 Å².